The second kappa shape index (κ2) is 7.50. The molecule has 3 nitrogen and oxygen atoms in total. The fourth-order valence-electron chi connectivity index (χ4n) is 1.66. The van der Waals surface area contributed by atoms with Crippen molar-refractivity contribution in [3.8, 4) is 0 Å². The Balaban J connectivity index is 2.60. The first-order valence-electron chi connectivity index (χ1n) is 6.26. The second-order valence-electron chi connectivity index (χ2n) is 4.63. The largest absolute Gasteiger partial charge is 0.348 e. The van der Waals surface area contributed by atoms with Crippen molar-refractivity contribution in [3.63, 3.8) is 0 Å². The molecule has 0 saturated heterocycles. The monoisotopic (exact) mass is 284 g/mol. The summed E-state index contributed by atoms with van der Waals surface area (Å²) in [5.74, 6) is 0.398. The quantitative estimate of drug-likeness (QED) is 0.843. The third kappa shape index (κ3) is 4.84. The Kier molecular flexibility index (Phi) is 6.31. The summed E-state index contributed by atoms with van der Waals surface area (Å²) in [7, 11) is 0. The third-order valence-electron chi connectivity index (χ3n) is 3.02. The number of thioether (sulfide) groups is 1. The number of aryl methyl sites for hydroxylation is 1. The molecule has 0 spiro atoms. The minimum atomic E-state index is -0.509. The van der Waals surface area contributed by atoms with E-state index >= 15 is 0 Å². The van der Waals surface area contributed by atoms with Crippen LogP contribution in [0.4, 0.5) is 4.39 Å². The highest BCUT2D eigenvalue weighted by Gasteiger charge is 2.16. The number of hydrogen-bond acceptors (Lipinski definition) is 3. The van der Waals surface area contributed by atoms with Gasteiger partial charge in [0.1, 0.15) is 5.82 Å². The predicted molar refractivity (Wildman–Crippen MR) is 78.7 cm³/mol. The van der Waals surface area contributed by atoms with E-state index in [0.717, 1.165) is 11.3 Å². The van der Waals surface area contributed by atoms with Crippen LogP contribution in [0.5, 0.6) is 0 Å². The van der Waals surface area contributed by atoms with Gasteiger partial charge in [-0.2, -0.15) is 11.8 Å². The van der Waals surface area contributed by atoms with Crippen LogP contribution < -0.4 is 11.1 Å². The van der Waals surface area contributed by atoms with Crippen molar-refractivity contribution in [3.05, 3.63) is 35.1 Å². The molecular formula is C14H21FN2OS. The Morgan fingerprint density at radius 2 is 2.21 bits per heavy atom. The molecule has 0 aliphatic carbocycles. The number of amides is 1. The lowest BCUT2D eigenvalue weighted by atomic mass is 10.1. The molecule has 0 radical (unpaired) electrons. The molecule has 1 rings (SSSR count). The zero-order valence-electron chi connectivity index (χ0n) is 11.6. The molecule has 0 bridgehead atoms. The van der Waals surface area contributed by atoms with Crippen LogP contribution in [0.1, 0.15) is 30.5 Å². The molecule has 1 amide bonds. The summed E-state index contributed by atoms with van der Waals surface area (Å²) in [6.07, 6.45) is 2.62. The number of carbonyl (C=O) groups excluding carboxylic acids is 1. The predicted octanol–water partition coefficient (Wildman–Crippen LogP) is 2.39. The van der Waals surface area contributed by atoms with E-state index in [0.29, 0.717) is 12.0 Å². The Hall–Kier alpha value is -1.07. The van der Waals surface area contributed by atoms with Crippen molar-refractivity contribution >= 4 is 17.7 Å². The van der Waals surface area contributed by atoms with E-state index in [1.54, 1.807) is 24.8 Å². The second-order valence-corrected chi connectivity index (χ2v) is 5.61. The van der Waals surface area contributed by atoms with Crippen LogP contribution >= 0.6 is 11.8 Å². The molecule has 2 atom stereocenters. The molecule has 19 heavy (non-hydrogen) atoms. The number of nitrogens with two attached hydrogens (primary N) is 1. The van der Waals surface area contributed by atoms with Crippen LogP contribution in [-0.2, 0) is 4.79 Å². The Bertz CT molecular complexity index is 439. The van der Waals surface area contributed by atoms with E-state index in [1.165, 1.54) is 6.07 Å². The van der Waals surface area contributed by atoms with E-state index in [1.807, 2.05) is 19.2 Å². The van der Waals surface area contributed by atoms with E-state index in [4.69, 9.17) is 5.73 Å². The highest BCUT2D eigenvalue weighted by Crippen LogP contribution is 2.16. The fraction of sp³-hybridized carbons (Fsp3) is 0.500. The van der Waals surface area contributed by atoms with Crippen LogP contribution in [0.25, 0.3) is 0 Å². The molecule has 5 heteroatoms. The zero-order chi connectivity index (χ0) is 14.4. The first kappa shape index (κ1) is 16.0. The van der Waals surface area contributed by atoms with Gasteiger partial charge in [0.15, 0.2) is 0 Å². The van der Waals surface area contributed by atoms with Gasteiger partial charge < -0.3 is 11.1 Å². The average molecular weight is 284 g/mol. The van der Waals surface area contributed by atoms with Gasteiger partial charge in [-0.15, -0.1) is 0 Å². The number of hydrogen-bond donors (Lipinski definition) is 2. The number of rotatable bonds is 6. The summed E-state index contributed by atoms with van der Waals surface area (Å²) in [6.45, 7) is 3.53. The number of nitrogens with one attached hydrogen (secondary N) is 1. The molecule has 3 N–H and O–H groups in total. The number of halogens is 1. The molecule has 1 unspecified atom stereocenters. The van der Waals surface area contributed by atoms with Crippen LogP contribution in [-0.4, -0.2) is 24.0 Å². The molecular weight excluding hydrogens is 263 g/mol. The third-order valence-corrected chi connectivity index (χ3v) is 3.67. The van der Waals surface area contributed by atoms with Gasteiger partial charge in [0.05, 0.1) is 12.1 Å². The molecule has 106 valence electrons. The average Bonchev–Trinajstić information content (AvgIpc) is 2.38. The van der Waals surface area contributed by atoms with Crippen LogP contribution in [0, 0.1) is 12.7 Å². The summed E-state index contributed by atoms with van der Waals surface area (Å²) in [5, 5.41) is 2.81. The molecule has 0 aliphatic rings. The normalized spacial score (nSPS) is 13.9. The summed E-state index contributed by atoms with van der Waals surface area (Å²) in [5.41, 5.74) is 7.12. The Morgan fingerprint density at radius 1 is 1.53 bits per heavy atom. The highest BCUT2D eigenvalue weighted by molar-refractivity contribution is 7.98. The Labute approximate surface area is 118 Å². The minimum absolute atomic E-state index is 0.192. The summed E-state index contributed by atoms with van der Waals surface area (Å²) in [4.78, 5) is 11.8. The van der Waals surface area contributed by atoms with Gasteiger partial charge >= 0.3 is 0 Å². The highest BCUT2D eigenvalue weighted by atomic mass is 32.2. The lowest BCUT2D eigenvalue weighted by Gasteiger charge is -2.18. The first-order valence-corrected chi connectivity index (χ1v) is 7.66. The van der Waals surface area contributed by atoms with Crippen molar-refractivity contribution in [2.45, 2.75) is 32.4 Å². The van der Waals surface area contributed by atoms with Crippen LogP contribution in [0.2, 0.25) is 0 Å². The van der Waals surface area contributed by atoms with Crippen LogP contribution in [0.3, 0.4) is 0 Å². The minimum Gasteiger partial charge on any atom is -0.348 e. The van der Waals surface area contributed by atoms with Gasteiger partial charge in [0, 0.05) is 0 Å². The van der Waals surface area contributed by atoms with Crippen molar-refractivity contribution < 1.29 is 9.18 Å². The lowest BCUT2D eigenvalue weighted by Crippen LogP contribution is -2.41. The molecule has 1 aromatic rings. The molecule has 0 heterocycles. The summed E-state index contributed by atoms with van der Waals surface area (Å²) in [6, 6.07) is 4.22. The first-order chi connectivity index (χ1) is 8.95. The molecule has 0 aromatic heterocycles. The van der Waals surface area contributed by atoms with Crippen molar-refractivity contribution in [1.82, 2.24) is 5.32 Å². The SMILES string of the molecule is CSCC[C@@H](N)C(=O)NC(C)c1ccc(C)c(F)c1. The van der Waals surface area contributed by atoms with Crippen LogP contribution in [0.15, 0.2) is 18.2 Å². The van der Waals surface area contributed by atoms with Gasteiger partial charge in [-0.05, 0) is 49.5 Å². The molecule has 1 aromatic carbocycles. The van der Waals surface area contributed by atoms with Gasteiger partial charge in [0.25, 0.3) is 0 Å². The van der Waals surface area contributed by atoms with E-state index in [9.17, 15) is 9.18 Å². The fourth-order valence-corrected chi connectivity index (χ4v) is 2.15. The van der Waals surface area contributed by atoms with Crippen molar-refractivity contribution in [2.75, 3.05) is 12.0 Å². The smallest absolute Gasteiger partial charge is 0.237 e. The lowest BCUT2D eigenvalue weighted by molar-refractivity contribution is -0.123. The zero-order valence-corrected chi connectivity index (χ0v) is 12.4. The standard InChI is InChI=1S/C14H21FN2OS/c1-9-4-5-11(8-12(9)15)10(2)17-14(18)13(16)6-7-19-3/h4-5,8,10,13H,6-7,16H2,1-3H3,(H,17,18)/t10?,13-/m1/s1. The maximum atomic E-state index is 13.5. The Morgan fingerprint density at radius 3 is 2.79 bits per heavy atom. The summed E-state index contributed by atoms with van der Waals surface area (Å²) >= 11 is 1.66. The van der Waals surface area contributed by atoms with Gasteiger partial charge in [-0.1, -0.05) is 12.1 Å². The number of benzene rings is 1. The van der Waals surface area contributed by atoms with Gasteiger partial charge in [-0.25, -0.2) is 4.39 Å². The van der Waals surface area contributed by atoms with Gasteiger partial charge in [-0.3, -0.25) is 4.79 Å². The van der Waals surface area contributed by atoms with E-state index in [-0.39, 0.29) is 17.8 Å². The summed E-state index contributed by atoms with van der Waals surface area (Å²) < 4.78 is 13.5. The maximum absolute atomic E-state index is 13.5. The van der Waals surface area contributed by atoms with E-state index in [2.05, 4.69) is 5.32 Å². The topological polar surface area (TPSA) is 55.1 Å². The van der Waals surface area contributed by atoms with Crippen molar-refractivity contribution in [2.24, 2.45) is 5.73 Å². The molecule has 0 fully saturated rings. The molecule has 0 aliphatic heterocycles. The van der Waals surface area contributed by atoms with E-state index < -0.39 is 6.04 Å². The maximum Gasteiger partial charge on any atom is 0.237 e. The molecule has 0 saturated carbocycles. The van der Waals surface area contributed by atoms with Crippen molar-refractivity contribution in [1.29, 1.82) is 0 Å². The van der Waals surface area contributed by atoms with Gasteiger partial charge in [0.2, 0.25) is 5.91 Å². The number of carbonyl (C=O) groups is 1.